The van der Waals surface area contributed by atoms with E-state index in [0.717, 1.165) is 6.54 Å². The molecule has 0 saturated heterocycles. The maximum atomic E-state index is 3.80. The highest BCUT2D eigenvalue weighted by Crippen LogP contribution is 2.33. The predicted octanol–water partition coefficient (Wildman–Crippen LogP) is 5.63. The van der Waals surface area contributed by atoms with Crippen LogP contribution in [0.1, 0.15) is 57.2 Å². The maximum absolute atomic E-state index is 3.80. The Bertz CT molecular complexity index is 573. The topological polar surface area (TPSA) is 12.0 Å². The lowest BCUT2D eigenvalue weighted by Gasteiger charge is -2.28. The van der Waals surface area contributed by atoms with Crippen LogP contribution in [-0.4, -0.2) is 6.54 Å². The van der Waals surface area contributed by atoms with Crippen molar-refractivity contribution in [3.8, 4) is 0 Å². The van der Waals surface area contributed by atoms with Crippen molar-refractivity contribution in [1.29, 1.82) is 0 Å². The summed E-state index contributed by atoms with van der Waals surface area (Å²) < 4.78 is 0. The van der Waals surface area contributed by atoms with Crippen molar-refractivity contribution < 1.29 is 0 Å². The fourth-order valence-corrected chi connectivity index (χ4v) is 3.33. The largest absolute Gasteiger partial charge is 0.310 e. The first-order valence-corrected chi connectivity index (χ1v) is 8.40. The molecule has 0 spiro atoms. The Morgan fingerprint density at radius 3 is 2.48 bits per heavy atom. The van der Waals surface area contributed by atoms with Crippen LogP contribution in [-0.2, 0) is 0 Å². The van der Waals surface area contributed by atoms with E-state index in [1.165, 1.54) is 41.2 Å². The van der Waals surface area contributed by atoms with Gasteiger partial charge in [0.25, 0.3) is 0 Å². The second kappa shape index (κ2) is 7.61. The highest BCUT2D eigenvalue weighted by Gasteiger charge is 2.21. The standard InChI is InChI=1S/C20H29N/c1-5-9-16(4)20(21-14-6-2)19-15(3)12-13-17-10-7-8-11-18(17)19/h7-8,10-13,16,20-21H,5-6,9,14H2,1-4H3. The van der Waals surface area contributed by atoms with Gasteiger partial charge in [-0.3, -0.25) is 0 Å². The minimum atomic E-state index is 0.455. The first-order chi connectivity index (χ1) is 10.2. The molecule has 2 unspecified atom stereocenters. The molecule has 0 aliphatic heterocycles. The third-order valence-electron chi connectivity index (χ3n) is 4.43. The monoisotopic (exact) mass is 283 g/mol. The van der Waals surface area contributed by atoms with Crippen LogP contribution in [0, 0.1) is 12.8 Å². The molecule has 0 amide bonds. The Morgan fingerprint density at radius 1 is 1.00 bits per heavy atom. The average molecular weight is 283 g/mol. The van der Waals surface area contributed by atoms with Gasteiger partial charge in [-0.15, -0.1) is 0 Å². The molecule has 0 radical (unpaired) electrons. The van der Waals surface area contributed by atoms with Crippen molar-refractivity contribution >= 4 is 10.8 Å². The van der Waals surface area contributed by atoms with Crippen LogP contribution >= 0.6 is 0 Å². The smallest absolute Gasteiger partial charge is 0.0354 e. The van der Waals surface area contributed by atoms with Crippen molar-refractivity contribution in [2.75, 3.05) is 6.54 Å². The van der Waals surface area contributed by atoms with Crippen LogP contribution < -0.4 is 5.32 Å². The Balaban J connectivity index is 2.49. The van der Waals surface area contributed by atoms with E-state index in [9.17, 15) is 0 Å². The van der Waals surface area contributed by atoms with E-state index in [1.807, 2.05) is 0 Å². The van der Waals surface area contributed by atoms with Gasteiger partial charge in [0, 0.05) is 6.04 Å². The van der Waals surface area contributed by atoms with E-state index < -0.39 is 0 Å². The van der Waals surface area contributed by atoms with Crippen molar-refractivity contribution in [3.05, 3.63) is 47.5 Å². The van der Waals surface area contributed by atoms with E-state index in [4.69, 9.17) is 0 Å². The summed E-state index contributed by atoms with van der Waals surface area (Å²) in [7, 11) is 0. The van der Waals surface area contributed by atoms with Crippen LogP contribution in [0.4, 0.5) is 0 Å². The lowest BCUT2D eigenvalue weighted by molar-refractivity contribution is 0.364. The summed E-state index contributed by atoms with van der Waals surface area (Å²) >= 11 is 0. The van der Waals surface area contributed by atoms with Gasteiger partial charge in [0.1, 0.15) is 0 Å². The number of hydrogen-bond acceptors (Lipinski definition) is 1. The predicted molar refractivity (Wildman–Crippen MR) is 93.8 cm³/mol. The van der Waals surface area contributed by atoms with Gasteiger partial charge in [-0.05, 0) is 54.1 Å². The van der Waals surface area contributed by atoms with Gasteiger partial charge in [0.2, 0.25) is 0 Å². The number of fused-ring (bicyclic) bond motifs is 1. The van der Waals surface area contributed by atoms with Crippen LogP contribution in [0.15, 0.2) is 36.4 Å². The molecule has 0 aliphatic rings. The quantitative estimate of drug-likeness (QED) is 0.695. The molecule has 0 heterocycles. The van der Waals surface area contributed by atoms with Gasteiger partial charge in [0.05, 0.1) is 0 Å². The molecule has 0 saturated carbocycles. The second-order valence-electron chi connectivity index (χ2n) is 6.22. The minimum absolute atomic E-state index is 0.455. The van der Waals surface area contributed by atoms with E-state index in [2.05, 4.69) is 69.4 Å². The first-order valence-electron chi connectivity index (χ1n) is 8.40. The second-order valence-corrected chi connectivity index (χ2v) is 6.22. The van der Waals surface area contributed by atoms with Crippen LogP contribution in [0.5, 0.6) is 0 Å². The molecule has 21 heavy (non-hydrogen) atoms. The zero-order valence-electron chi connectivity index (χ0n) is 13.9. The summed E-state index contributed by atoms with van der Waals surface area (Å²) in [5, 5.41) is 6.57. The van der Waals surface area contributed by atoms with Crippen LogP contribution in [0.25, 0.3) is 10.8 Å². The summed E-state index contributed by atoms with van der Waals surface area (Å²) in [6.07, 6.45) is 3.69. The van der Waals surface area contributed by atoms with E-state index in [1.54, 1.807) is 0 Å². The lowest BCUT2D eigenvalue weighted by atomic mass is 9.85. The van der Waals surface area contributed by atoms with E-state index in [0.29, 0.717) is 12.0 Å². The SMILES string of the molecule is CCCNC(c1c(C)ccc2ccccc12)C(C)CCC. The molecule has 2 aromatic rings. The Labute approximate surface area is 129 Å². The highest BCUT2D eigenvalue weighted by molar-refractivity contribution is 5.87. The summed E-state index contributed by atoms with van der Waals surface area (Å²) in [6.45, 7) is 10.2. The van der Waals surface area contributed by atoms with Crippen molar-refractivity contribution in [2.24, 2.45) is 5.92 Å². The maximum Gasteiger partial charge on any atom is 0.0354 e. The minimum Gasteiger partial charge on any atom is -0.310 e. The highest BCUT2D eigenvalue weighted by atomic mass is 14.9. The zero-order valence-corrected chi connectivity index (χ0v) is 13.9. The Morgan fingerprint density at radius 2 is 1.76 bits per heavy atom. The van der Waals surface area contributed by atoms with Gasteiger partial charge in [-0.25, -0.2) is 0 Å². The fourth-order valence-electron chi connectivity index (χ4n) is 3.33. The number of benzene rings is 2. The van der Waals surface area contributed by atoms with Crippen molar-refractivity contribution in [3.63, 3.8) is 0 Å². The summed E-state index contributed by atoms with van der Waals surface area (Å²) in [5.74, 6) is 0.658. The van der Waals surface area contributed by atoms with E-state index in [-0.39, 0.29) is 0 Å². The Hall–Kier alpha value is -1.34. The molecular formula is C20H29N. The fraction of sp³-hybridized carbons (Fsp3) is 0.500. The molecule has 0 aromatic heterocycles. The molecule has 0 bridgehead atoms. The molecule has 2 rings (SSSR count). The average Bonchev–Trinajstić information content (AvgIpc) is 2.49. The third-order valence-corrected chi connectivity index (χ3v) is 4.43. The zero-order chi connectivity index (χ0) is 15.2. The number of rotatable bonds is 7. The van der Waals surface area contributed by atoms with Crippen molar-refractivity contribution in [2.45, 2.75) is 53.0 Å². The molecular weight excluding hydrogens is 254 g/mol. The van der Waals surface area contributed by atoms with Crippen molar-refractivity contribution in [1.82, 2.24) is 5.32 Å². The normalized spacial score (nSPS) is 14.3. The van der Waals surface area contributed by atoms with Crippen LogP contribution in [0.2, 0.25) is 0 Å². The molecule has 114 valence electrons. The molecule has 1 N–H and O–H groups in total. The number of aryl methyl sites for hydroxylation is 1. The summed E-state index contributed by atoms with van der Waals surface area (Å²) in [6, 6.07) is 13.8. The molecule has 1 heteroatoms. The van der Waals surface area contributed by atoms with E-state index >= 15 is 0 Å². The first kappa shape index (κ1) is 16.0. The van der Waals surface area contributed by atoms with Gasteiger partial charge in [-0.2, -0.15) is 0 Å². The van der Waals surface area contributed by atoms with Crippen LogP contribution in [0.3, 0.4) is 0 Å². The lowest BCUT2D eigenvalue weighted by Crippen LogP contribution is -2.28. The third kappa shape index (κ3) is 3.65. The molecule has 0 aliphatic carbocycles. The summed E-state index contributed by atoms with van der Waals surface area (Å²) in [4.78, 5) is 0. The summed E-state index contributed by atoms with van der Waals surface area (Å²) in [5.41, 5.74) is 2.91. The Kier molecular flexibility index (Phi) is 5.81. The number of hydrogen-bond donors (Lipinski definition) is 1. The van der Waals surface area contributed by atoms with Gasteiger partial charge >= 0.3 is 0 Å². The molecule has 2 atom stereocenters. The molecule has 2 aromatic carbocycles. The molecule has 0 fully saturated rings. The van der Waals surface area contributed by atoms with Gasteiger partial charge < -0.3 is 5.32 Å². The van der Waals surface area contributed by atoms with Gasteiger partial charge in [0.15, 0.2) is 0 Å². The van der Waals surface area contributed by atoms with Gasteiger partial charge in [-0.1, -0.05) is 63.6 Å². The molecule has 1 nitrogen and oxygen atoms in total. The number of nitrogens with one attached hydrogen (secondary N) is 1.